The average molecular weight is 397 g/mol. The van der Waals surface area contributed by atoms with Gasteiger partial charge in [-0.15, -0.1) is 0 Å². The van der Waals surface area contributed by atoms with E-state index in [0.29, 0.717) is 18.2 Å². The fraction of sp³-hybridized carbons (Fsp3) is 0.150. The summed E-state index contributed by atoms with van der Waals surface area (Å²) in [6.07, 6.45) is 1.60. The third-order valence-electron chi connectivity index (χ3n) is 4.67. The molecule has 28 heavy (non-hydrogen) atoms. The molecule has 0 fully saturated rings. The molecule has 0 radical (unpaired) electrons. The predicted molar refractivity (Wildman–Crippen MR) is 110 cm³/mol. The van der Waals surface area contributed by atoms with Gasteiger partial charge in [0.15, 0.2) is 0 Å². The van der Waals surface area contributed by atoms with Crippen LogP contribution in [-0.4, -0.2) is 26.6 Å². The molecule has 2 aromatic carbocycles. The molecule has 2 heterocycles. The van der Waals surface area contributed by atoms with Crippen LogP contribution in [0.15, 0.2) is 48.7 Å². The number of nitrogens with two attached hydrogens (primary N) is 1. The molecule has 8 heteroatoms. The van der Waals surface area contributed by atoms with Crippen LogP contribution >= 0.6 is 11.6 Å². The van der Waals surface area contributed by atoms with E-state index in [-0.39, 0.29) is 11.1 Å². The maximum atomic E-state index is 13.6. The van der Waals surface area contributed by atoms with Crippen molar-refractivity contribution in [3.8, 4) is 11.3 Å². The van der Waals surface area contributed by atoms with Crippen LogP contribution in [0.2, 0.25) is 5.28 Å². The van der Waals surface area contributed by atoms with Gasteiger partial charge in [-0.2, -0.15) is 0 Å². The number of rotatable bonds is 4. The van der Waals surface area contributed by atoms with Crippen LogP contribution in [0.25, 0.3) is 22.3 Å². The maximum Gasteiger partial charge on any atom is 0.222 e. The highest BCUT2D eigenvalue weighted by Crippen LogP contribution is 2.37. The molecule has 142 valence electrons. The van der Waals surface area contributed by atoms with Crippen molar-refractivity contribution in [2.45, 2.75) is 6.54 Å². The van der Waals surface area contributed by atoms with Gasteiger partial charge < -0.3 is 15.2 Å². The molecule has 0 aliphatic rings. The molecule has 2 N–H and O–H groups in total. The molecule has 0 atom stereocenters. The molecular weight excluding hydrogens is 379 g/mol. The number of aromatic nitrogens is 4. The number of imidazole rings is 1. The zero-order valence-corrected chi connectivity index (χ0v) is 16.2. The first-order valence-electron chi connectivity index (χ1n) is 8.63. The van der Waals surface area contributed by atoms with Gasteiger partial charge in [-0.1, -0.05) is 12.1 Å². The average Bonchev–Trinajstić information content (AvgIpc) is 2.95. The Bertz CT molecular complexity index is 1170. The van der Waals surface area contributed by atoms with Gasteiger partial charge in [-0.25, -0.2) is 19.3 Å². The first-order valence-corrected chi connectivity index (χ1v) is 9.01. The highest BCUT2D eigenvalue weighted by molar-refractivity contribution is 6.28. The summed E-state index contributed by atoms with van der Waals surface area (Å²) in [5.74, 6) is 0.142. The van der Waals surface area contributed by atoms with Crippen LogP contribution < -0.4 is 10.6 Å². The van der Waals surface area contributed by atoms with E-state index in [1.165, 1.54) is 12.1 Å². The van der Waals surface area contributed by atoms with Gasteiger partial charge in [0.25, 0.3) is 0 Å². The predicted octanol–water partition coefficient (Wildman–Crippen LogP) is 4.04. The molecular formula is C20H18ClFN6. The SMILES string of the molecule is CN(Cc1cccc(F)c1)c1ccc2c(nc(N)n2C)c1-c1ccnc(Cl)n1. The molecule has 0 unspecified atom stereocenters. The van der Waals surface area contributed by atoms with Gasteiger partial charge in [0.1, 0.15) is 11.3 Å². The summed E-state index contributed by atoms with van der Waals surface area (Å²) in [5, 5.41) is 0.150. The summed E-state index contributed by atoms with van der Waals surface area (Å²) < 4.78 is 15.4. The van der Waals surface area contributed by atoms with Crippen molar-refractivity contribution in [2.24, 2.45) is 7.05 Å². The lowest BCUT2D eigenvalue weighted by atomic mass is 10.1. The topological polar surface area (TPSA) is 72.9 Å². The van der Waals surface area contributed by atoms with E-state index in [9.17, 15) is 4.39 Å². The van der Waals surface area contributed by atoms with E-state index in [0.717, 1.165) is 27.8 Å². The summed E-state index contributed by atoms with van der Waals surface area (Å²) in [5.41, 5.74) is 10.8. The zero-order chi connectivity index (χ0) is 19.8. The molecule has 6 nitrogen and oxygen atoms in total. The number of halogens is 2. The van der Waals surface area contributed by atoms with Gasteiger partial charge in [0.2, 0.25) is 11.2 Å². The van der Waals surface area contributed by atoms with Gasteiger partial charge in [-0.3, -0.25) is 0 Å². The minimum atomic E-state index is -0.262. The number of hydrogen-bond donors (Lipinski definition) is 1. The molecule has 0 saturated heterocycles. The van der Waals surface area contributed by atoms with Crippen molar-refractivity contribution < 1.29 is 4.39 Å². The molecule has 4 rings (SSSR count). The van der Waals surface area contributed by atoms with E-state index in [2.05, 4.69) is 15.0 Å². The van der Waals surface area contributed by atoms with Crippen LogP contribution in [0, 0.1) is 5.82 Å². The Hall–Kier alpha value is -3.19. The Morgan fingerprint density at radius 1 is 1.18 bits per heavy atom. The van der Waals surface area contributed by atoms with Gasteiger partial charge in [0, 0.05) is 32.5 Å². The van der Waals surface area contributed by atoms with Gasteiger partial charge in [0.05, 0.1) is 16.8 Å². The lowest BCUT2D eigenvalue weighted by molar-refractivity contribution is 0.625. The largest absolute Gasteiger partial charge is 0.370 e. The summed E-state index contributed by atoms with van der Waals surface area (Å²) in [4.78, 5) is 14.9. The number of benzene rings is 2. The van der Waals surface area contributed by atoms with E-state index >= 15 is 0 Å². The fourth-order valence-corrected chi connectivity index (χ4v) is 3.45. The Morgan fingerprint density at radius 2 is 2.00 bits per heavy atom. The smallest absolute Gasteiger partial charge is 0.222 e. The monoisotopic (exact) mass is 396 g/mol. The first-order chi connectivity index (χ1) is 13.4. The van der Waals surface area contributed by atoms with Crippen LogP contribution in [0.5, 0.6) is 0 Å². The third kappa shape index (κ3) is 3.25. The quantitative estimate of drug-likeness (QED) is 0.527. The minimum absolute atomic E-state index is 0.150. The fourth-order valence-electron chi connectivity index (χ4n) is 3.31. The normalized spacial score (nSPS) is 11.1. The molecule has 0 aliphatic heterocycles. The van der Waals surface area contributed by atoms with Gasteiger partial charge >= 0.3 is 0 Å². The molecule has 0 saturated carbocycles. The van der Waals surface area contributed by atoms with Gasteiger partial charge in [-0.05, 0) is 47.5 Å². The lowest BCUT2D eigenvalue weighted by Crippen LogP contribution is -2.17. The Morgan fingerprint density at radius 3 is 2.75 bits per heavy atom. The van der Waals surface area contributed by atoms with E-state index in [4.69, 9.17) is 17.3 Å². The van der Waals surface area contributed by atoms with Crippen molar-refractivity contribution in [1.82, 2.24) is 19.5 Å². The number of fused-ring (bicyclic) bond motifs is 1. The molecule has 4 aromatic rings. The second kappa shape index (κ2) is 7.09. The van der Waals surface area contributed by atoms with E-state index < -0.39 is 0 Å². The third-order valence-corrected chi connectivity index (χ3v) is 4.85. The van der Waals surface area contributed by atoms with E-state index in [1.54, 1.807) is 18.3 Å². The highest BCUT2D eigenvalue weighted by Gasteiger charge is 2.19. The lowest BCUT2D eigenvalue weighted by Gasteiger charge is -2.23. The standard InChI is InChI=1S/C20H18ClFN6/c1-27(11-12-4-3-5-13(22)10-12)15-6-7-16-18(26-20(23)28(16)2)17(15)14-8-9-24-19(21)25-14/h3-10H,11H2,1-2H3,(H2,23,26). The molecule has 0 aliphatic carbocycles. The van der Waals surface area contributed by atoms with Crippen molar-refractivity contribution in [3.05, 3.63) is 65.3 Å². The maximum absolute atomic E-state index is 13.6. The summed E-state index contributed by atoms with van der Waals surface area (Å²) in [7, 11) is 3.79. The van der Waals surface area contributed by atoms with Crippen LogP contribution in [-0.2, 0) is 13.6 Å². The number of anilines is 2. The van der Waals surface area contributed by atoms with Crippen molar-refractivity contribution >= 4 is 34.3 Å². The number of aryl methyl sites for hydroxylation is 1. The highest BCUT2D eigenvalue weighted by atomic mass is 35.5. The minimum Gasteiger partial charge on any atom is -0.370 e. The van der Waals surface area contributed by atoms with Crippen LogP contribution in [0.4, 0.5) is 16.0 Å². The number of hydrogen-bond acceptors (Lipinski definition) is 5. The summed E-state index contributed by atoms with van der Waals surface area (Å²) in [6, 6.07) is 12.3. The Balaban J connectivity index is 1.89. The second-order valence-electron chi connectivity index (χ2n) is 6.55. The van der Waals surface area contributed by atoms with E-state index in [1.807, 2.05) is 41.8 Å². The van der Waals surface area contributed by atoms with Crippen LogP contribution in [0.1, 0.15) is 5.56 Å². The zero-order valence-electron chi connectivity index (χ0n) is 15.4. The van der Waals surface area contributed by atoms with Crippen molar-refractivity contribution in [3.63, 3.8) is 0 Å². The molecule has 0 spiro atoms. The number of nitrogen functional groups attached to an aromatic ring is 1. The molecule has 0 amide bonds. The van der Waals surface area contributed by atoms with Crippen molar-refractivity contribution in [2.75, 3.05) is 17.7 Å². The first kappa shape index (κ1) is 18.2. The van der Waals surface area contributed by atoms with Crippen LogP contribution in [0.3, 0.4) is 0 Å². The molecule has 2 aromatic heterocycles. The molecule has 0 bridgehead atoms. The number of nitrogens with zero attached hydrogens (tertiary/aromatic N) is 5. The van der Waals surface area contributed by atoms with Crippen molar-refractivity contribution in [1.29, 1.82) is 0 Å². The second-order valence-corrected chi connectivity index (χ2v) is 6.89. The Labute approximate surface area is 166 Å². The summed E-state index contributed by atoms with van der Waals surface area (Å²) in [6.45, 7) is 0.511. The summed E-state index contributed by atoms with van der Waals surface area (Å²) >= 11 is 6.03. The Kier molecular flexibility index (Phi) is 4.60.